The van der Waals surface area contributed by atoms with Crippen molar-refractivity contribution in [3.63, 3.8) is 0 Å². The highest BCUT2D eigenvalue weighted by Gasteiger charge is 2.47. The molecule has 1 aromatic carbocycles. The van der Waals surface area contributed by atoms with E-state index in [4.69, 9.17) is 9.47 Å². The van der Waals surface area contributed by atoms with Crippen molar-refractivity contribution in [1.82, 2.24) is 5.32 Å². The molecule has 0 saturated carbocycles. The Bertz CT molecular complexity index is 1000. The maximum atomic E-state index is 13.7. The normalized spacial score (nSPS) is 22.2. The van der Waals surface area contributed by atoms with Crippen molar-refractivity contribution < 1.29 is 23.9 Å². The SMILES string of the molecule is CCCOC(=O)C1=C(C)NC2=C(C(=O)[C@@H](C(=O)OC)[C@H](C)C2)[C@@H]1c1ccc(N(CC)CC)cc1. The number of nitrogens with zero attached hydrogens (tertiary/aromatic N) is 1. The van der Waals surface area contributed by atoms with Crippen LogP contribution in [0.1, 0.15) is 58.9 Å². The zero-order chi connectivity index (χ0) is 25.0. The average molecular weight is 469 g/mol. The molecular formula is C27H36N2O5. The Balaban J connectivity index is 2.13. The predicted molar refractivity (Wildman–Crippen MR) is 131 cm³/mol. The standard InChI is InChI=1S/C27H36N2O5/c1-7-14-34-27(32)22-17(5)28-20-15-16(4)21(26(31)33-6)25(30)24(20)23(22)18-10-12-19(13-11-18)29(8-2)9-3/h10-13,16,21,23,28H,7-9,14-15H2,1-6H3/t16-,21+,23-/m1/s1. The highest BCUT2D eigenvalue weighted by Crippen LogP contribution is 2.45. The van der Waals surface area contributed by atoms with Crippen molar-refractivity contribution in [2.75, 3.05) is 31.7 Å². The third-order valence-corrected chi connectivity index (χ3v) is 6.76. The van der Waals surface area contributed by atoms with Gasteiger partial charge in [0.2, 0.25) is 0 Å². The van der Waals surface area contributed by atoms with Gasteiger partial charge in [-0.15, -0.1) is 0 Å². The maximum absolute atomic E-state index is 13.7. The largest absolute Gasteiger partial charge is 0.468 e. The molecule has 0 amide bonds. The molecule has 1 N–H and O–H groups in total. The first-order valence-electron chi connectivity index (χ1n) is 12.1. The zero-order valence-electron chi connectivity index (χ0n) is 21.1. The van der Waals surface area contributed by atoms with E-state index in [2.05, 4.69) is 24.1 Å². The molecule has 1 aromatic rings. The number of dihydropyridines is 1. The fourth-order valence-corrected chi connectivity index (χ4v) is 5.02. The third-order valence-electron chi connectivity index (χ3n) is 6.76. The van der Waals surface area contributed by atoms with Crippen LogP contribution in [0, 0.1) is 11.8 Å². The quantitative estimate of drug-likeness (QED) is 0.454. The van der Waals surface area contributed by atoms with Gasteiger partial charge in [0.05, 0.1) is 19.3 Å². The highest BCUT2D eigenvalue weighted by molar-refractivity contribution is 6.12. The molecule has 0 spiro atoms. The second kappa shape index (κ2) is 10.9. The van der Waals surface area contributed by atoms with Gasteiger partial charge >= 0.3 is 11.9 Å². The van der Waals surface area contributed by atoms with Crippen LogP contribution in [0.4, 0.5) is 5.69 Å². The molecule has 0 bridgehead atoms. The lowest BCUT2D eigenvalue weighted by Gasteiger charge is -2.38. The first-order chi connectivity index (χ1) is 16.3. The molecule has 184 valence electrons. The minimum atomic E-state index is -0.894. The van der Waals surface area contributed by atoms with E-state index < -0.39 is 23.8 Å². The summed E-state index contributed by atoms with van der Waals surface area (Å²) < 4.78 is 10.5. The highest BCUT2D eigenvalue weighted by atomic mass is 16.5. The molecule has 3 atom stereocenters. The van der Waals surface area contributed by atoms with Gasteiger partial charge in [0.25, 0.3) is 0 Å². The number of carbonyl (C=O) groups excluding carboxylic acids is 3. The number of allylic oxidation sites excluding steroid dienone is 3. The Morgan fingerprint density at radius 3 is 2.32 bits per heavy atom. The molecule has 3 rings (SSSR count). The van der Waals surface area contributed by atoms with Crippen molar-refractivity contribution in [2.24, 2.45) is 11.8 Å². The van der Waals surface area contributed by atoms with Crippen LogP contribution >= 0.6 is 0 Å². The molecule has 1 heterocycles. The fourth-order valence-electron chi connectivity index (χ4n) is 5.02. The van der Waals surface area contributed by atoms with E-state index in [0.717, 1.165) is 30.0 Å². The lowest BCUT2D eigenvalue weighted by Crippen LogP contribution is -2.43. The molecule has 2 aliphatic rings. The number of carbonyl (C=O) groups is 3. The van der Waals surface area contributed by atoms with Crippen molar-refractivity contribution in [3.05, 3.63) is 52.4 Å². The topological polar surface area (TPSA) is 84.9 Å². The number of ether oxygens (including phenoxy) is 2. The molecule has 0 fully saturated rings. The molecule has 0 radical (unpaired) electrons. The summed E-state index contributed by atoms with van der Waals surface area (Å²) in [5, 5.41) is 3.29. The van der Waals surface area contributed by atoms with Gasteiger partial charge in [0.1, 0.15) is 5.92 Å². The number of methoxy groups -OCH3 is 1. The Morgan fingerprint density at radius 2 is 1.76 bits per heavy atom. The molecule has 7 heteroatoms. The molecule has 7 nitrogen and oxygen atoms in total. The summed E-state index contributed by atoms with van der Waals surface area (Å²) in [6.07, 6.45) is 1.22. The monoisotopic (exact) mass is 468 g/mol. The summed E-state index contributed by atoms with van der Waals surface area (Å²) in [5.41, 5.74) is 4.20. The second-order valence-electron chi connectivity index (χ2n) is 8.94. The van der Waals surface area contributed by atoms with Gasteiger partial charge in [-0.25, -0.2) is 4.79 Å². The number of esters is 2. The van der Waals surface area contributed by atoms with E-state index in [-0.39, 0.29) is 11.7 Å². The average Bonchev–Trinajstić information content (AvgIpc) is 2.82. The summed E-state index contributed by atoms with van der Waals surface area (Å²) in [6, 6.07) is 7.96. The molecule has 1 aliphatic carbocycles. The molecule has 1 aliphatic heterocycles. The summed E-state index contributed by atoms with van der Waals surface area (Å²) in [5.74, 6) is -3.00. The summed E-state index contributed by atoms with van der Waals surface area (Å²) in [7, 11) is 1.30. The Kier molecular flexibility index (Phi) is 8.18. The smallest absolute Gasteiger partial charge is 0.336 e. The summed E-state index contributed by atoms with van der Waals surface area (Å²) in [6.45, 7) is 11.9. The van der Waals surface area contributed by atoms with E-state index in [9.17, 15) is 14.4 Å². The first-order valence-corrected chi connectivity index (χ1v) is 12.1. The summed E-state index contributed by atoms with van der Waals surface area (Å²) >= 11 is 0. The van der Waals surface area contributed by atoms with Gasteiger partial charge in [0, 0.05) is 41.7 Å². The van der Waals surface area contributed by atoms with Crippen LogP contribution in [0.25, 0.3) is 0 Å². The van der Waals surface area contributed by atoms with Crippen molar-refractivity contribution in [2.45, 2.75) is 53.4 Å². The molecular weight excluding hydrogens is 432 g/mol. The minimum Gasteiger partial charge on any atom is -0.468 e. The number of hydrogen-bond donors (Lipinski definition) is 1. The molecule has 0 aromatic heterocycles. The number of benzene rings is 1. The van der Waals surface area contributed by atoms with Crippen LogP contribution < -0.4 is 10.2 Å². The maximum Gasteiger partial charge on any atom is 0.336 e. The van der Waals surface area contributed by atoms with Crippen LogP contribution in [0.15, 0.2) is 46.8 Å². The Hall–Kier alpha value is -3.09. The van der Waals surface area contributed by atoms with Gasteiger partial charge in [-0.05, 0) is 57.2 Å². The van der Waals surface area contributed by atoms with Crippen LogP contribution in [0.5, 0.6) is 0 Å². The van der Waals surface area contributed by atoms with Crippen molar-refractivity contribution >= 4 is 23.4 Å². The fraction of sp³-hybridized carbons (Fsp3) is 0.519. The number of rotatable bonds is 8. The van der Waals surface area contributed by atoms with E-state index in [0.29, 0.717) is 36.3 Å². The van der Waals surface area contributed by atoms with Crippen molar-refractivity contribution in [1.29, 1.82) is 0 Å². The number of ketones is 1. The second-order valence-corrected chi connectivity index (χ2v) is 8.94. The number of nitrogens with one attached hydrogen (secondary N) is 1. The van der Waals surface area contributed by atoms with Crippen molar-refractivity contribution in [3.8, 4) is 0 Å². The van der Waals surface area contributed by atoms with E-state index in [1.807, 2.05) is 45.0 Å². The lowest BCUT2D eigenvalue weighted by atomic mass is 9.69. The van der Waals surface area contributed by atoms with E-state index in [1.165, 1.54) is 7.11 Å². The van der Waals surface area contributed by atoms with Gasteiger partial charge in [-0.3, -0.25) is 9.59 Å². The number of hydrogen-bond acceptors (Lipinski definition) is 7. The molecule has 0 unspecified atom stereocenters. The lowest BCUT2D eigenvalue weighted by molar-refractivity contribution is -0.151. The molecule has 34 heavy (non-hydrogen) atoms. The van der Waals surface area contributed by atoms with Crippen LogP contribution in [-0.4, -0.2) is 44.5 Å². The van der Waals surface area contributed by atoms with E-state index in [1.54, 1.807) is 0 Å². The summed E-state index contributed by atoms with van der Waals surface area (Å²) in [4.78, 5) is 41.7. The van der Waals surface area contributed by atoms with E-state index >= 15 is 0 Å². The number of anilines is 1. The third kappa shape index (κ3) is 4.74. The van der Waals surface area contributed by atoms with Gasteiger partial charge < -0.3 is 19.7 Å². The first kappa shape index (κ1) is 25.5. The van der Waals surface area contributed by atoms with Gasteiger partial charge in [-0.2, -0.15) is 0 Å². The Morgan fingerprint density at radius 1 is 1.12 bits per heavy atom. The zero-order valence-corrected chi connectivity index (χ0v) is 21.1. The minimum absolute atomic E-state index is 0.210. The molecule has 0 saturated heterocycles. The van der Waals surface area contributed by atoms with Gasteiger partial charge in [0.15, 0.2) is 5.78 Å². The Labute approximate surface area is 202 Å². The number of Topliss-reactive ketones (excluding diaryl/α,β-unsaturated/α-hetero) is 1. The van der Waals surface area contributed by atoms with Crippen LogP contribution in [-0.2, 0) is 23.9 Å². The predicted octanol–water partition coefficient (Wildman–Crippen LogP) is 4.10. The van der Waals surface area contributed by atoms with Crippen LogP contribution in [0.3, 0.4) is 0 Å². The van der Waals surface area contributed by atoms with Crippen LogP contribution in [0.2, 0.25) is 0 Å². The van der Waals surface area contributed by atoms with Gasteiger partial charge in [-0.1, -0.05) is 26.0 Å².